The Morgan fingerprint density at radius 1 is 1.19 bits per heavy atom. The van der Waals surface area contributed by atoms with E-state index in [0.717, 1.165) is 34.7 Å². The van der Waals surface area contributed by atoms with Crippen molar-refractivity contribution in [2.45, 2.75) is 77.0 Å². The third-order valence-corrected chi connectivity index (χ3v) is 8.43. The Morgan fingerprint density at radius 2 is 1.86 bits per heavy atom. The third-order valence-electron chi connectivity index (χ3n) is 5.52. The smallest absolute Gasteiger partial charge is 0.505 e. The Bertz CT molecular complexity index is 1270. The molecule has 2 aromatic heterocycles. The first-order chi connectivity index (χ1) is 16.9. The summed E-state index contributed by atoms with van der Waals surface area (Å²) in [5, 5.41) is 0. The maximum atomic E-state index is 13.1. The van der Waals surface area contributed by atoms with E-state index in [1.165, 1.54) is 11.3 Å². The molecule has 1 amide bonds. The van der Waals surface area contributed by atoms with Gasteiger partial charge in [-0.2, -0.15) is 0 Å². The summed E-state index contributed by atoms with van der Waals surface area (Å²) in [6.07, 6.45) is 4.94. The van der Waals surface area contributed by atoms with Crippen LogP contribution in [0.4, 0.5) is 4.79 Å². The predicted molar refractivity (Wildman–Crippen MR) is 145 cm³/mol. The molecule has 196 valence electrons. The molecule has 0 aliphatic carbocycles. The second kappa shape index (κ2) is 13.9. The zero-order valence-electron chi connectivity index (χ0n) is 22.9. The quantitative estimate of drug-likeness (QED) is 0.270. The standard InChI is InChI=1S/C27H37N3O4S2.K/c1-7-8-15-34-26(31)29-36(32,33)24-23(17-22(35-24)16-19(2)3)21-11-9-20(10-12-21)18-30-14-13-28-25(30)27(4,5)6;/h9-14,17,19H,7-8,15-16,18H2,1-6H3,(H,29,31);/q;+1/p-1. The topological polar surface area (TPSA) is 92.4 Å². The minimum atomic E-state index is -4.21. The number of ether oxygens (including phenoxy) is 1. The number of amides is 1. The van der Waals surface area contributed by atoms with Gasteiger partial charge in [0.25, 0.3) is 0 Å². The van der Waals surface area contributed by atoms with Gasteiger partial charge in [0, 0.05) is 34.8 Å². The second-order valence-corrected chi connectivity index (χ2v) is 13.3. The monoisotopic (exact) mass is 569 g/mol. The van der Waals surface area contributed by atoms with Gasteiger partial charge in [0.05, 0.1) is 6.61 Å². The molecule has 0 fully saturated rings. The summed E-state index contributed by atoms with van der Waals surface area (Å²) in [6, 6.07) is 9.73. The van der Waals surface area contributed by atoms with Gasteiger partial charge in [-0.3, -0.25) is 4.79 Å². The zero-order chi connectivity index (χ0) is 26.5. The summed E-state index contributed by atoms with van der Waals surface area (Å²) in [5.41, 5.74) is 2.33. The number of hydrogen-bond donors (Lipinski definition) is 0. The van der Waals surface area contributed by atoms with E-state index in [9.17, 15) is 13.2 Å². The summed E-state index contributed by atoms with van der Waals surface area (Å²) >= 11 is 1.17. The molecule has 37 heavy (non-hydrogen) atoms. The van der Waals surface area contributed by atoms with Gasteiger partial charge in [0.1, 0.15) is 20.1 Å². The van der Waals surface area contributed by atoms with Gasteiger partial charge in [0.2, 0.25) is 6.09 Å². The van der Waals surface area contributed by atoms with Crippen LogP contribution < -0.4 is 51.4 Å². The summed E-state index contributed by atoms with van der Waals surface area (Å²) in [5.74, 6) is 1.36. The number of sulfonamides is 1. The maximum absolute atomic E-state index is 13.1. The van der Waals surface area contributed by atoms with Crippen LogP contribution in [0.3, 0.4) is 0 Å². The Labute approximate surface area is 267 Å². The molecule has 0 saturated carbocycles. The normalized spacial score (nSPS) is 11.9. The number of thiophene rings is 1. The first-order valence-corrected chi connectivity index (χ1v) is 14.5. The van der Waals surface area contributed by atoms with Crippen molar-refractivity contribution in [3.05, 3.63) is 63.7 Å². The SMILES string of the molecule is CCCCOC(=O)[N-]S(=O)(=O)c1sc(CC(C)C)cc1-c1ccc(Cn2ccnc2C(C)(C)C)cc1.[K+]. The van der Waals surface area contributed by atoms with E-state index >= 15 is 0 Å². The molecule has 10 heteroatoms. The van der Waals surface area contributed by atoms with Crippen molar-refractivity contribution in [2.24, 2.45) is 5.92 Å². The first-order valence-electron chi connectivity index (χ1n) is 12.3. The molecule has 0 unspecified atom stereocenters. The Balaban J connectivity index is 0.00000481. The van der Waals surface area contributed by atoms with E-state index in [4.69, 9.17) is 4.74 Å². The van der Waals surface area contributed by atoms with Crippen molar-refractivity contribution in [3.8, 4) is 11.1 Å². The molecule has 0 aliphatic heterocycles. The van der Waals surface area contributed by atoms with Gasteiger partial charge in [-0.05, 0) is 36.0 Å². The van der Waals surface area contributed by atoms with Crippen LogP contribution in [0.1, 0.15) is 70.6 Å². The van der Waals surface area contributed by atoms with E-state index in [0.29, 0.717) is 24.4 Å². The number of carbonyl (C=O) groups is 1. The minimum absolute atomic E-state index is 0. The van der Waals surface area contributed by atoms with E-state index in [1.54, 1.807) is 0 Å². The Morgan fingerprint density at radius 3 is 2.46 bits per heavy atom. The van der Waals surface area contributed by atoms with Gasteiger partial charge >= 0.3 is 51.4 Å². The van der Waals surface area contributed by atoms with Gasteiger partial charge in [-0.15, -0.1) is 11.3 Å². The van der Waals surface area contributed by atoms with Crippen LogP contribution in [0.5, 0.6) is 0 Å². The van der Waals surface area contributed by atoms with Crippen molar-refractivity contribution in [2.75, 3.05) is 6.61 Å². The molecule has 0 spiro atoms. The van der Waals surface area contributed by atoms with Crippen LogP contribution in [0.15, 0.2) is 46.9 Å². The molecule has 0 bridgehead atoms. The summed E-state index contributed by atoms with van der Waals surface area (Å²) in [7, 11) is -4.21. The number of benzene rings is 1. The number of aromatic nitrogens is 2. The summed E-state index contributed by atoms with van der Waals surface area (Å²) < 4.78 is 36.8. The number of hydrogen-bond acceptors (Lipinski definition) is 6. The summed E-state index contributed by atoms with van der Waals surface area (Å²) in [6.45, 7) is 13.3. The fourth-order valence-corrected chi connectivity index (χ4v) is 6.62. The summed E-state index contributed by atoms with van der Waals surface area (Å²) in [4.78, 5) is 17.5. The zero-order valence-corrected chi connectivity index (χ0v) is 27.7. The molecule has 3 aromatic rings. The average molecular weight is 570 g/mol. The molecule has 0 atom stereocenters. The second-order valence-electron chi connectivity index (χ2n) is 10.4. The van der Waals surface area contributed by atoms with Gasteiger partial charge in [-0.1, -0.05) is 72.2 Å². The third kappa shape index (κ3) is 9.01. The maximum Gasteiger partial charge on any atom is 1.00 e. The van der Waals surface area contributed by atoms with Crippen molar-refractivity contribution in [1.29, 1.82) is 0 Å². The van der Waals surface area contributed by atoms with Gasteiger partial charge < -0.3 is 14.0 Å². The molecule has 2 heterocycles. The number of carbonyl (C=O) groups excluding carboxylic acids is 1. The fraction of sp³-hybridized carbons (Fsp3) is 0.481. The molecule has 7 nitrogen and oxygen atoms in total. The number of nitrogens with zero attached hydrogens (tertiary/aromatic N) is 3. The molecule has 0 saturated heterocycles. The van der Waals surface area contributed by atoms with E-state index in [-0.39, 0.29) is 67.6 Å². The van der Waals surface area contributed by atoms with Crippen LogP contribution in [-0.2, 0) is 33.1 Å². The number of rotatable bonds is 10. The van der Waals surface area contributed by atoms with E-state index in [2.05, 4.69) is 48.9 Å². The average Bonchev–Trinajstić information content (AvgIpc) is 3.41. The largest absolute Gasteiger partial charge is 1.00 e. The first kappa shape index (κ1) is 32.2. The van der Waals surface area contributed by atoms with Gasteiger partial charge in [0.15, 0.2) is 0 Å². The van der Waals surface area contributed by atoms with Crippen LogP contribution in [0.2, 0.25) is 0 Å². The minimum Gasteiger partial charge on any atom is -0.505 e. The van der Waals surface area contributed by atoms with Crippen LogP contribution in [-0.4, -0.2) is 30.7 Å². The van der Waals surface area contributed by atoms with E-state index < -0.39 is 16.1 Å². The van der Waals surface area contributed by atoms with Crippen LogP contribution in [0.25, 0.3) is 15.8 Å². The van der Waals surface area contributed by atoms with Crippen molar-refractivity contribution in [1.82, 2.24) is 9.55 Å². The van der Waals surface area contributed by atoms with Gasteiger partial charge in [-0.25, -0.2) is 13.4 Å². The fourth-order valence-electron chi connectivity index (χ4n) is 3.86. The van der Waals surface area contributed by atoms with Crippen molar-refractivity contribution >= 4 is 27.5 Å². The number of imidazole rings is 1. The molecule has 0 aliphatic rings. The molecular weight excluding hydrogens is 534 g/mol. The predicted octanol–water partition coefficient (Wildman–Crippen LogP) is 4.16. The van der Waals surface area contributed by atoms with E-state index in [1.807, 2.05) is 49.6 Å². The molecule has 1 aromatic carbocycles. The molecular formula is C27H36KN3O4S2. The molecule has 3 rings (SSSR count). The Hall–Kier alpha value is -1.01. The Kier molecular flexibility index (Phi) is 12.1. The number of unbranched alkanes of at least 4 members (excludes halogenated alkanes) is 1. The molecule has 0 N–H and O–H groups in total. The van der Waals surface area contributed by atoms with Crippen molar-refractivity contribution in [3.63, 3.8) is 0 Å². The van der Waals surface area contributed by atoms with Crippen molar-refractivity contribution < 1.29 is 69.3 Å². The van der Waals surface area contributed by atoms with Crippen LogP contribution in [0, 0.1) is 5.92 Å². The van der Waals surface area contributed by atoms with Crippen LogP contribution >= 0.6 is 11.3 Å². The molecule has 0 radical (unpaired) electrons.